The first-order valence-electron chi connectivity index (χ1n) is 5.05. The highest BCUT2D eigenvalue weighted by atomic mass is 35.5. The number of hydrogen-bond acceptors (Lipinski definition) is 2. The van der Waals surface area contributed by atoms with Crippen LogP contribution in [0, 0.1) is 5.92 Å². The van der Waals surface area contributed by atoms with Gasteiger partial charge in [0, 0.05) is 25.5 Å². The fourth-order valence-electron chi connectivity index (χ4n) is 1.89. The maximum absolute atomic E-state index is 5.80. The fourth-order valence-corrected chi connectivity index (χ4v) is 2.06. The molecule has 13 heavy (non-hydrogen) atoms. The van der Waals surface area contributed by atoms with E-state index >= 15 is 0 Å². The zero-order chi connectivity index (χ0) is 9.84. The van der Waals surface area contributed by atoms with Crippen LogP contribution in [0.1, 0.15) is 20.8 Å². The molecule has 1 fully saturated rings. The molecule has 1 saturated heterocycles. The summed E-state index contributed by atoms with van der Waals surface area (Å²) < 4.78 is 5.67. The summed E-state index contributed by atoms with van der Waals surface area (Å²) in [4.78, 5) is 2.45. The van der Waals surface area contributed by atoms with Crippen LogP contribution in [-0.2, 0) is 4.74 Å². The highest BCUT2D eigenvalue weighted by molar-refractivity contribution is 6.18. The Morgan fingerprint density at radius 1 is 1.46 bits per heavy atom. The van der Waals surface area contributed by atoms with E-state index in [1.807, 2.05) is 0 Å². The van der Waals surface area contributed by atoms with Gasteiger partial charge < -0.3 is 4.74 Å². The van der Waals surface area contributed by atoms with Crippen LogP contribution >= 0.6 is 11.6 Å². The molecule has 1 aliphatic rings. The van der Waals surface area contributed by atoms with Crippen molar-refractivity contribution in [2.75, 3.05) is 25.5 Å². The van der Waals surface area contributed by atoms with Crippen LogP contribution in [-0.4, -0.2) is 42.6 Å². The van der Waals surface area contributed by atoms with Crippen LogP contribution in [0.5, 0.6) is 0 Å². The van der Waals surface area contributed by atoms with E-state index in [1.165, 1.54) is 0 Å². The van der Waals surface area contributed by atoms with Crippen LogP contribution in [0.4, 0.5) is 0 Å². The topological polar surface area (TPSA) is 12.5 Å². The highest BCUT2D eigenvalue weighted by Gasteiger charge is 2.24. The number of rotatable bonds is 3. The second-order valence-electron chi connectivity index (χ2n) is 4.34. The minimum Gasteiger partial charge on any atom is -0.371 e. The van der Waals surface area contributed by atoms with Gasteiger partial charge in [-0.2, -0.15) is 0 Å². The lowest BCUT2D eigenvalue weighted by molar-refractivity contribution is -0.0688. The van der Waals surface area contributed by atoms with E-state index in [-0.39, 0.29) is 6.10 Å². The van der Waals surface area contributed by atoms with Crippen molar-refractivity contribution in [2.45, 2.75) is 33.0 Å². The summed E-state index contributed by atoms with van der Waals surface area (Å²) in [6, 6.07) is 0. The average Bonchev–Trinajstić information content (AvgIpc) is 2.01. The molecule has 0 N–H and O–H groups in total. The van der Waals surface area contributed by atoms with Crippen LogP contribution < -0.4 is 0 Å². The molecule has 1 aliphatic heterocycles. The average molecular weight is 206 g/mol. The monoisotopic (exact) mass is 205 g/mol. The minimum absolute atomic E-state index is 0.226. The Labute approximate surface area is 86.2 Å². The standard InChI is InChI=1S/C10H20ClNO/c1-8(2)5-12-6-9(3)13-10(4-11)7-12/h8-10H,4-7H2,1-3H3. The summed E-state index contributed by atoms with van der Waals surface area (Å²) in [7, 11) is 0. The molecule has 0 aliphatic carbocycles. The number of ether oxygens (including phenoxy) is 1. The summed E-state index contributed by atoms with van der Waals surface area (Å²) in [6.07, 6.45) is 0.556. The molecule has 0 aromatic rings. The third kappa shape index (κ3) is 3.84. The summed E-state index contributed by atoms with van der Waals surface area (Å²) in [6.45, 7) is 9.80. The van der Waals surface area contributed by atoms with Gasteiger partial charge in [-0.1, -0.05) is 13.8 Å². The second-order valence-corrected chi connectivity index (χ2v) is 4.64. The molecular formula is C10H20ClNO. The molecule has 1 rings (SSSR count). The highest BCUT2D eigenvalue weighted by Crippen LogP contribution is 2.13. The predicted octanol–water partition coefficient (Wildman–Crippen LogP) is 1.97. The van der Waals surface area contributed by atoms with Crippen molar-refractivity contribution in [1.82, 2.24) is 4.90 Å². The second kappa shape index (κ2) is 5.18. The van der Waals surface area contributed by atoms with Crippen molar-refractivity contribution < 1.29 is 4.74 Å². The predicted molar refractivity (Wildman–Crippen MR) is 56.3 cm³/mol. The molecule has 0 radical (unpaired) electrons. The minimum atomic E-state index is 0.226. The van der Waals surface area contributed by atoms with E-state index in [2.05, 4.69) is 25.7 Å². The molecule has 0 aromatic carbocycles. The molecular weight excluding hydrogens is 186 g/mol. The third-order valence-electron chi connectivity index (χ3n) is 2.20. The van der Waals surface area contributed by atoms with Crippen molar-refractivity contribution >= 4 is 11.6 Å². The molecule has 2 atom stereocenters. The molecule has 78 valence electrons. The Balaban J connectivity index is 2.37. The smallest absolute Gasteiger partial charge is 0.0841 e. The Morgan fingerprint density at radius 3 is 2.69 bits per heavy atom. The van der Waals surface area contributed by atoms with E-state index in [0.717, 1.165) is 25.6 Å². The molecule has 2 nitrogen and oxygen atoms in total. The van der Waals surface area contributed by atoms with Gasteiger partial charge in [0.05, 0.1) is 12.2 Å². The van der Waals surface area contributed by atoms with Crippen LogP contribution in [0.25, 0.3) is 0 Å². The van der Waals surface area contributed by atoms with Crippen molar-refractivity contribution in [3.63, 3.8) is 0 Å². The van der Waals surface area contributed by atoms with E-state index < -0.39 is 0 Å². The molecule has 0 spiro atoms. The van der Waals surface area contributed by atoms with Gasteiger partial charge in [-0.15, -0.1) is 11.6 Å². The Kier molecular flexibility index (Phi) is 4.50. The molecule has 0 bridgehead atoms. The number of nitrogens with zero attached hydrogens (tertiary/aromatic N) is 1. The molecule has 0 saturated carbocycles. The van der Waals surface area contributed by atoms with Gasteiger partial charge in [0.25, 0.3) is 0 Å². The Bertz CT molecular complexity index is 150. The molecule has 0 aromatic heterocycles. The zero-order valence-corrected chi connectivity index (χ0v) is 9.55. The Hall–Kier alpha value is 0.210. The summed E-state index contributed by atoms with van der Waals surface area (Å²) in [5.74, 6) is 1.33. The van der Waals surface area contributed by atoms with Crippen molar-refractivity contribution in [3.8, 4) is 0 Å². The van der Waals surface area contributed by atoms with Gasteiger partial charge in [0.1, 0.15) is 0 Å². The maximum Gasteiger partial charge on any atom is 0.0841 e. The van der Waals surface area contributed by atoms with Crippen molar-refractivity contribution in [1.29, 1.82) is 0 Å². The first-order valence-corrected chi connectivity index (χ1v) is 5.59. The normalized spacial score (nSPS) is 31.2. The zero-order valence-electron chi connectivity index (χ0n) is 8.79. The van der Waals surface area contributed by atoms with Crippen LogP contribution in [0.3, 0.4) is 0 Å². The van der Waals surface area contributed by atoms with Crippen LogP contribution in [0.2, 0.25) is 0 Å². The lowest BCUT2D eigenvalue weighted by atomic mass is 10.1. The van der Waals surface area contributed by atoms with Crippen LogP contribution in [0.15, 0.2) is 0 Å². The van der Waals surface area contributed by atoms with E-state index in [1.54, 1.807) is 0 Å². The first-order chi connectivity index (χ1) is 6.11. The van der Waals surface area contributed by atoms with Gasteiger partial charge in [0.2, 0.25) is 0 Å². The van der Waals surface area contributed by atoms with Crippen molar-refractivity contribution in [3.05, 3.63) is 0 Å². The van der Waals surface area contributed by atoms with Gasteiger partial charge in [-0.3, -0.25) is 4.90 Å². The third-order valence-corrected chi connectivity index (χ3v) is 2.54. The van der Waals surface area contributed by atoms with Gasteiger partial charge in [-0.05, 0) is 12.8 Å². The van der Waals surface area contributed by atoms with Gasteiger partial charge in [-0.25, -0.2) is 0 Å². The van der Waals surface area contributed by atoms with Gasteiger partial charge in [0.15, 0.2) is 0 Å². The number of alkyl halides is 1. The lowest BCUT2D eigenvalue weighted by Crippen LogP contribution is -2.48. The number of morpholine rings is 1. The van der Waals surface area contributed by atoms with Crippen molar-refractivity contribution in [2.24, 2.45) is 5.92 Å². The van der Waals surface area contributed by atoms with E-state index in [4.69, 9.17) is 16.3 Å². The quantitative estimate of drug-likeness (QED) is 0.654. The molecule has 0 amide bonds. The summed E-state index contributed by atoms with van der Waals surface area (Å²) in [5.41, 5.74) is 0. The largest absolute Gasteiger partial charge is 0.371 e. The number of hydrogen-bond donors (Lipinski definition) is 0. The van der Waals surface area contributed by atoms with Gasteiger partial charge >= 0.3 is 0 Å². The number of halogens is 1. The molecule has 3 heteroatoms. The van der Waals surface area contributed by atoms with E-state index in [0.29, 0.717) is 12.0 Å². The summed E-state index contributed by atoms with van der Waals surface area (Å²) >= 11 is 5.80. The first kappa shape index (κ1) is 11.3. The SMILES string of the molecule is CC(C)CN1CC(C)OC(CCl)C1. The maximum atomic E-state index is 5.80. The lowest BCUT2D eigenvalue weighted by Gasteiger charge is -2.36. The Morgan fingerprint density at radius 2 is 2.15 bits per heavy atom. The van der Waals surface area contributed by atoms with E-state index in [9.17, 15) is 0 Å². The molecule has 1 heterocycles. The molecule has 2 unspecified atom stereocenters. The summed E-state index contributed by atoms with van der Waals surface area (Å²) in [5, 5.41) is 0. The fraction of sp³-hybridized carbons (Fsp3) is 1.00.